The topological polar surface area (TPSA) is 87.0 Å². The number of carbonyl (C=O) groups excluding carboxylic acids is 2. The number of nitrogens with one attached hydrogen (secondary N) is 1. The molecule has 0 aliphatic carbocycles. The first-order valence-corrected chi connectivity index (χ1v) is 7.91. The molecule has 0 saturated carbocycles. The molecule has 0 spiro atoms. The Bertz CT molecular complexity index is 763. The van der Waals surface area contributed by atoms with E-state index in [1.165, 1.54) is 0 Å². The molecule has 2 aromatic rings. The zero-order chi connectivity index (χ0) is 17.9. The van der Waals surface area contributed by atoms with Crippen LogP contribution in [0.25, 0.3) is 5.69 Å². The van der Waals surface area contributed by atoms with Gasteiger partial charge in [0.25, 0.3) is 0 Å². The van der Waals surface area contributed by atoms with Crippen molar-refractivity contribution < 1.29 is 14.7 Å². The molecule has 1 aromatic carbocycles. The third-order valence-corrected chi connectivity index (χ3v) is 3.59. The van der Waals surface area contributed by atoms with E-state index in [4.69, 9.17) is 11.6 Å². The van der Waals surface area contributed by atoms with Crippen LogP contribution in [0.4, 0.5) is 5.82 Å². The Morgan fingerprint density at radius 1 is 1.25 bits per heavy atom. The second-order valence-electron chi connectivity index (χ2n) is 6.48. The molecule has 0 bridgehead atoms. The Labute approximate surface area is 145 Å². The van der Waals surface area contributed by atoms with E-state index in [9.17, 15) is 14.7 Å². The van der Waals surface area contributed by atoms with Gasteiger partial charge in [0.1, 0.15) is 5.82 Å². The highest BCUT2D eigenvalue weighted by molar-refractivity contribution is 6.30. The largest absolute Gasteiger partial charge is 0.550 e. The molecule has 2 rings (SSSR count). The van der Waals surface area contributed by atoms with Crippen molar-refractivity contribution >= 4 is 29.3 Å². The first kappa shape index (κ1) is 18.0. The molecule has 6 nitrogen and oxygen atoms in total. The molecule has 1 aromatic heterocycles. The van der Waals surface area contributed by atoms with Crippen molar-refractivity contribution in [2.45, 2.75) is 39.0 Å². The van der Waals surface area contributed by atoms with Gasteiger partial charge in [0.15, 0.2) is 0 Å². The smallest absolute Gasteiger partial charge is 0.225 e. The molecule has 0 aliphatic heterocycles. The molecule has 0 aliphatic rings. The Kier molecular flexibility index (Phi) is 5.29. The number of rotatable bonds is 5. The van der Waals surface area contributed by atoms with Crippen LogP contribution in [0.1, 0.15) is 39.3 Å². The maximum Gasteiger partial charge on any atom is 0.225 e. The lowest BCUT2D eigenvalue weighted by molar-refractivity contribution is -0.305. The van der Waals surface area contributed by atoms with E-state index < -0.39 is 11.9 Å². The summed E-state index contributed by atoms with van der Waals surface area (Å²) in [7, 11) is 0. The average Bonchev–Trinajstić information content (AvgIpc) is 2.89. The van der Waals surface area contributed by atoms with Gasteiger partial charge in [-0.2, -0.15) is 5.10 Å². The van der Waals surface area contributed by atoms with Crippen LogP contribution < -0.4 is 10.4 Å². The second-order valence-corrected chi connectivity index (χ2v) is 6.91. The molecule has 24 heavy (non-hydrogen) atoms. The fraction of sp³-hybridized carbons (Fsp3) is 0.353. The quantitative estimate of drug-likeness (QED) is 0.898. The SMILES string of the molecule is CC(C)(C)c1cc(NC(=O)CCC(=O)[O-])n(-c2cccc(Cl)c2)n1. The van der Waals surface area contributed by atoms with Crippen molar-refractivity contribution in [1.29, 1.82) is 0 Å². The van der Waals surface area contributed by atoms with E-state index in [-0.39, 0.29) is 18.3 Å². The van der Waals surface area contributed by atoms with Gasteiger partial charge in [-0.1, -0.05) is 38.4 Å². The van der Waals surface area contributed by atoms with E-state index in [1.807, 2.05) is 26.8 Å². The predicted molar refractivity (Wildman–Crippen MR) is 90.1 cm³/mol. The monoisotopic (exact) mass is 348 g/mol. The van der Waals surface area contributed by atoms with E-state index >= 15 is 0 Å². The standard InChI is InChI=1S/C17H20ClN3O3/c1-17(2,3)13-10-14(19-15(22)7-8-16(23)24)21(20-13)12-6-4-5-11(18)9-12/h4-6,9-10H,7-8H2,1-3H3,(H,19,22)(H,23,24)/p-1. The lowest BCUT2D eigenvalue weighted by Gasteiger charge is -2.14. The normalized spacial score (nSPS) is 11.3. The molecule has 0 radical (unpaired) electrons. The summed E-state index contributed by atoms with van der Waals surface area (Å²) < 4.78 is 1.59. The number of halogens is 1. The average molecular weight is 349 g/mol. The summed E-state index contributed by atoms with van der Waals surface area (Å²) in [6.07, 6.45) is -0.489. The number of amides is 1. The summed E-state index contributed by atoms with van der Waals surface area (Å²) in [4.78, 5) is 22.5. The number of hydrogen-bond acceptors (Lipinski definition) is 4. The zero-order valence-electron chi connectivity index (χ0n) is 13.8. The predicted octanol–water partition coefficient (Wildman–Crippen LogP) is 2.29. The number of nitrogens with zero attached hydrogens (tertiary/aromatic N) is 2. The minimum absolute atomic E-state index is 0.159. The Hall–Kier alpha value is -2.34. The molecular weight excluding hydrogens is 330 g/mol. The van der Waals surface area contributed by atoms with Crippen molar-refractivity contribution in [2.75, 3.05) is 5.32 Å². The molecule has 0 saturated heterocycles. The third kappa shape index (κ3) is 4.58. The maximum absolute atomic E-state index is 12.0. The van der Waals surface area contributed by atoms with E-state index in [0.29, 0.717) is 16.5 Å². The molecule has 1 amide bonds. The fourth-order valence-corrected chi connectivity index (χ4v) is 2.25. The summed E-state index contributed by atoms with van der Waals surface area (Å²) in [5, 5.41) is 18.3. The van der Waals surface area contributed by atoms with Crippen LogP contribution in [0.15, 0.2) is 30.3 Å². The van der Waals surface area contributed by atoms with Gasteiger partial charge in [-0.05, 0) is 24.6 Å². The van der Waals surface area contributed by atoms with Crippen LogP contribution in [0.3, 0.4) is 0 Å². The molecule has 0 unspecified atom stereocenters. The fourth-order valence-electron chi connectivity index (χ4n) is 2.06. The first-order chi connectivity index (χ1) is 11.2. The summed E-state index contributed by atoms with van der Waals surface area (Å²) in [6, 6.07) is 8.87. The van der Waals surface area contributed by atoms with Crippen LogP contribution in [0.2, 0.25) is 5.02 Å². The number of aliphatic carboxylic acids is 1. The maximum atomic E-state index is 12.0. The van der Waals surface area contributed by atoms with Crippen molar-refractivity contribution in [3.8, 4) is 5.69 Å². The summed E-state index contributed by atoms with van der Waals surface area (Å²) in [5.41, 5.74) is 1.28. The van der Waals surface area contributed by atoms with E-state index in [0.717, 1.165) is 5.69 Å². The number of hydrogen-bond donors (Lipinski definition) is 1. The molecule has 1 heterocycles. The highest BCUT2D eigenvalue weighted by Crippen LogP contribution is 2.27. The van der Waals surface area contributed by atoms with Crippen LogP contribution in [-0.2, 0) is 15.0 Å². The molecule has 0 fully saturated rings. The van der Waals surface area contributed by atoms with Gasteiger partial charge in [0.2, 0.25) is 5.91 Å². The van der Waals surface area contributed by atoms with Gasteiger partial charge in [-0.15, -0.1) is 0 Å². The second kappa shape index (κ2) is 7.05. The Morgan fingerprint density at radius 2 is 1.96 bits per heavy atom. The van der Waals surface area contributed by atoms with Crippen LogP contribution in [-0.4, -0.2) is 21.7 Å². The van der Waals surface area contributed by atoms with Crippen LogP contribution in [0, 0.1) is 0 Å². The number of anilines is 1. The summed E-state index contributed by atoms with van der Waals surface area (Å²) in [5.74, 6) is -1.21. The number of carboxylic acid groups (broad SMARTS) is 1. The minimum atomic E-state index is -1.26. The van der Waals surface area contributed by atoms with Gasteiger partial charge in [-0.25, -0.2) is 4.68 Å². The summed E-state index contributed by atoms with van der Waals surface area (Å²) in [6.45, 7) is 6.04. The van der Waals surface area contributed by atoms with Crippen molar-refractivity contribution in [3.63, 3.8) is 0 Å². The minimum Gasteiger partial charge on any atom is -0.550 e. The molecule has 128 valence electrons. The number of carboxylic acids is 1. The molecular formula is C17H19ClN3O3-. The van der Waals surface area contributed by atoms with Gasteiger partial charge in [0.05, 0.1) is 11.4 Å². The Balaban J connectivity index is 2.36. The lowest BCUT2D eigenvalue weighted by atomic mass is 9.92. The van der Waals surface area contributed by atoms with Crippen LogP contribution >= 0.6 is 11.6 Å². The van der Waals surface area contributed by atoms with Crippen molar-refractivity contribution in [2.24, 2.45) is 0 Å². The van der Waals surface area contributed by atoms with Crippen molar-refractivity contribution in [3.05, 3.63) is 41.0 Å². The van der Waals surface area contributed by atoms with Crippen LogP contribution in [0.5, 0.6) is 0 Å². The highest BCUT2D eigenvalue weighted by Gasteiger charge is 2.21. The van der Waals surface area contributed by atoms with Gasteiger partial charge in [-0.3, -0.25) is 4.79 Å². The molecule has 1 N–H and O–H groups in total. The Morgan fingerprint density at radius 3 is 2.54 bits per heavy atom. The highest BCUT2D eigenvalue weighted by atomic mass is 35.5. The third-order valence-electron chi connectivity index (χ3n) is 3.35. The summed E-state index contributed by atoms with van der Waals surface area (Å²) >= 11 is 6.03. The first-order valence-electron chi connectivity index (χ1n) is 7.53. The van der Waals surface area contributed by atoms with E-state index in [2.05, 4.69) is 10.4 Å². The van der Waals surface area contributed by atoms with Gasteiger partial charge < -0.3 is 15.2 Å². The molecule has 7 heteroatoms. The van der Waals surface area contributed by atoms with Crippen molar-refractivity contribution in [1.82, 2.24) is 9.78 Å². The van der Waals surface area contributed by atoms with Gasteiger partial charge in [0, 0.05) is 28.9 Å². The number of benzene rings is 1. The molecule has 0 atom stereocenters. The number of aromatic nitrogens is 2. The van der Waals surface area contributed by atoms with E-state index in [1.54, 1.807) is 28.9 Å². The van der Waals surface area contributed by atoms with Gasteiger partial charge >= 0.3 is 0 Å². The lowest BCUT2D eigenvalue weighted by Crippen LogP contribution is -2.24. The number of carbonyl (C=O) groups is 2. The zero-order valence-corrected chi connectivity index (χ0v) is 14.6.